The number of hydrogen-bond acceptors (Lipinski definition) is 5. The smallest absolute Gasteiger partial charge is 0.235 e. The number of nitrogens with zero attached hydrogens (tertiary/aromatic N) is 4. The van der Waals surface area contributed by atoms with Gasteiger partial charge in [-0.25, -0.2) is 19.3 Å². The van der Waals surface area contributed by atoms with E-state index in [4.69, 9.17) is 4.74 Å². The molecule has 31 heavy (non-hydrogen) atoms. The quantitative estimate of drug-likeness (QED) is 0.509. The standard InChI is InChI=1S/C23H18FN5O2/c24-17-3-1-16(2-4-17)23(9-10-23)22(30)28-18-5-7-19(8-6-18)31-21-13-20(26-14-27-21)29-12-11-25-15-29/h1-8,11-15H,9-10H2,(H,28,30). The molecule has 154 valence electrons. The zero-order valence-corrected chi connectivity index (χ0v) is 16.4. The number of carbonyl (C=O) groups is 1. The van der Waals surface area contributed by atoms with Crippen molar-refractivity contribution >= 4 is 11.6 Å². The Hall–Kier alpha value is -4.07. The zero-order valence-electron chi connectivity index (χ0n) is 16.4. The molecule has 0 atom stereocenters. The molecule has 8 heteroatoms. The number of anilines is 1. The van der Waals surface area contributed by atoms with Crippen LogP contribution in [0.4, 0.5) is 10.1 Å². The Balaban J connectivity index is 1.26. The van der Waals surface area contributed by atoms with Gasteiger partial charge in [0.2, 0.25) is 11.8 Å². The van der Waals surface area contributed by atoms with Crippen molar-refractivity contribution in [2.24, 2.45) is 0 Å². The third-order valence-electron chi connectivity index (χ3n) is 5.31. The molecule has 2 aromatic heterocycles. The molecule has 0 radical (unpaired) electrons. The summed E-state index contributed by atoms with van der Waals surface area (Å²) in [4.78, 5) is 25.2. The first-order valence-corrected chi connectivity index (χ1v) is 9.78. The Morgan fingerprint density at radius 3 is 2.52 bits per heavy atom. The van der Waals surface area contributed by atoms with Crippen molar-refractivity contribution in [1.82, 2.24) is 19.5 Å². The van der Waals surface area contributed by atoms with E-state index in [1.165, 1.54) is 18.5 Å². The maximum Gasteiger partial charge on any atom is 0.235 e. The molecule has 4 aromatic rings. The number of amides is 1. The molecule has 1 aliphatic rings. The van der Waals surface area contributed by atoms with Crippen molar-refractivity contribution in [1.29, 1.82) is 0 Å². The number of ether oxygens (including phenoxy) is 1. The van der Waals surface area contributed by atoms with Crippen LogP contribution in [0.3, 0.4) is 0 Å². The van der Waals surface area contributed by atoms with Crippen LogP contribution in [0.15, 0.2) is 79.6 Å². The van der Waals surface area contributed by atoms with E-state index in [0.29, 0.717) is 23.1 Å². The van der Waals surface area contributed by atoms with Crippen molar-refractivity contribution < 1.29 is 13.9 Å². The summed E-state index contributed by atoms with van der Waals surface area (Å²) >= 11 is 0. The molecular weight excluding hydrogens is 397 g/mol. The van der Waals surface area contributed by atoms with Gasteiger partial charge in [0.05, 0.1) is 5.41 Å². The molecule has 7 nitrogen and oxygen atoms in total. The lowest BCUT2D eigenvalue weighted by atomic mass is 9.95. The highest BCUT2D eigenvalue weighted by Gasteiger charge is 2.51. The van der Waals surface area contributed by atoms with E-state index in [2.05, 4.69) is 20.3 Å². The number of carbonyl (C=O) groups excluding carboxylic acids is 1. The maximum atomic E-state index is 13.2. The van der Waals surface area contributed by atoms with Gasteiger partial charge in [-0.1, -0.05) is 12.1 Å². The van der Waals surface area contributed by atoms with Gasteiger partial charge in [0, 0.05) is 24.1 Å². The van der Waals surface area contributed by atoms with Crippen LogP contribution in [0.1, 0.15) is 18.4 Å². The average molecular weight is 415 g/mol. The Labute approximate surface area is 177 Å². The zero-order chi connectivity index (χ0) is 21.3. The fourth-order valence-corrected chi connectivity index (χ4v) is 3.44. The summed E-state index contributed by atoms with van der Waals surface area (Å²) in [6.45, 7) is 0. The van der Waals surface area contributed by atoms with E-state index < -0.39 is 5.41 Å². The minimum absolute atomic E-state index is 0.0893. The molecule has 1 fully saturated rings. The topological polar surface area (TPSA) is 81.9 Å². The predicted molar refractivity (Wildman–Crippen MR) is 112 cm³/mol. The highest BCUT2D eigenvalue weighted by atomic mass is 19.1. The third-order valence-corrected chi connectivity index (χ3v) is 5.31. The highest BCUT2D eigenvalue weighted by Crippen LogP contribution is 2.49. The molecular formula is C23H18FN5O2. The SMILES string of the molecule is O=C(Nc1ccc(Oc2cc(-n3ccnc3)ncn2)cc1)C1(c2ccc(F)cc2)CC1. The molecule has 2 aromatic carbocycles. The van der Waals surface area contributed by atoms with Crippen molar-refractivity contribution in [2.45, 2.75) is 18.3 Å². The number of rotatable bonds is 6. The van der Waals surface area contributed by atoms with E-state index in [9.17, 15) is 9.18 Å². The second-order valence-electron chi connectivity index (χ2n) is 7.35. The van der Waals surface area contributed by atoms with Crippen LogP contribution in [-0.2, 0) is 10.2 Å². The first-order chi connectivity index (χ1) is 15.1. The largest absolute Gasteiger partial charge is 0.439 e. The summed E-state index contributed by atoms with van der Waals surface area (Å²) in [5.74, 6) is 1.21. The van der Waals surface area contributed by atoms with Crippen molar-refractivity contribution in [2.75, 3.05) is 5.32 Å². The number of nitrogens with one attached hydrogen (secondary N) is 1. The minimum Gasteiger partial charge on any atom is -0.439 e. The van der Waals surface area contributed by atoms with Crippen LogP contribution in [0, 0.1) is 5.82 Å². The summed E-state index contributed by atoms with van der Waals surface area (Å²) in [5, 5.41) is 2.95. The molecule has 1 N–H and O–H groups in total. The van der Waals surface area contributed by atoms with Gasteiger partial charge >= 0.3 is 0 Å². The van der Waals surface area contributed by atoms with E-state index in [0.717, 1.165) is 18.4 Å². The molecule has 0 bridgehead atoms. The number of hydrogen-bond donors (Lipinski definition) is 1. The Morgan fingerprint density at radius 1 is 1.06 bits per heavy atom. The van der Waals surface area contributed by atoms with Crippen LogP contribution in [0.25, 0.3) is 5.82 Å². The van der Waals surface area contributed by atoms with Crippen LogP contribution in [0.5, 0.6) is 11.6 Å². The average Bonchev–Trinajstić information content (AvgIpc) is 3.42. The summed E-state index contributed by atoms with van der Waals surface area (Å²) in [5.41, 5.74) is 0.921. The molecule has 1 aliphatic carbocycles. The van der Waals surface area contributed by atoms with Crippen molar-refractivity contribution in [3.8, 4) is 17.4 Å². The number of benzene rings is 2. The minimum atomic E-state index is -0.576. The lowest BCUT2D eigenvalue weighted by Crippen LogP contribution is -2.27. The summed E-state index contributed by atoms with van der Waals surface area (Å²) in [7, 11) is 0. The maximum absolute atomic E-state index is 13.2. The van der Waals surface area contributed by atoms with Crippen LogP contribution < -0.4 is 10.1 Å². The van der Waals surface area contributed by atoms with Gasteiger partial charge in [-0.05, 0) is 54.8 Å². The lowest BCUT2D eigenvalue weighted by molar-refractivity contribution is -0.118. The fourth-order valence-electron chi connectivity index (χ4n) is 3.44. The van der Waals surface area contributed by atoms with Crippen LogP contribution in [0.2, 0.25) is 0 Å². The molecule has 2 heterocycles. The van der Waals surface area contributed by atoms with Gasteiger partial charge in [-0.3, -0.25) is 9.36 Å². The first-order valence-electron chi connectivity index (χ1n) is 9.78. The van der Waals surface area contributed by atoms with Gasteiger partial charge < -0.3 is 10.1 Å². The molecule has 0 saturated heterocycles. The monoisotopic (exact) mass is 415 g/mol. The summed E-state index contributed by atoms with van der Waals surface area (Å²) in [6, 6.07) is 14.9. The second kappa shape index (κ2) is 7.64. The van der Waals surface area contributed by atoms with Gasteiger partial charge in [0.25, 0.3) is 0 Å². The molecule has 0 spiro atoms. The number of aromatic nitrogens is 4. The number of imidazole rings is 1. The third kappa shape index (κ3) is 3.87. The summed E-state index contributed by atoms with van der Waals surface area (Å²) < 4.78 is 20.8. The van der Waals surface area contributed by atoms with E-state index in [1.807, 2.05) is 0 Å². The van der Waals surface area contributed by atoms with Gasteiger partial charge in [0.1, 0.15) is 30.0 Å². The van der Waals surface area contributed by atoms with Crippen molar-refractivity contribution in [3.05, 3.63) is 91.0 Å². The lowest BCUT2D eigenvalue weighted by Gasteiger charge is -2.16. The van der Waals surface area contributed by atoms with E-state index in [1.54, 1.807) is 65.8 Å². The Bertz CT molecular complexity index is 1200. The first kappa shape index (κ1) is 18.9. The van der Waals surface area contributed by atoms with Gasteiger partial charge in [-0.15, -0.1) is 0 Å². The molecule has 1 saturated carbocycles. The Kier molecular flexibility index (Phi) is 4.66. The van der Waals surface area contributed by atoms with Crippen molar-refractivity contribution in [3.63, 3.8) is 0 Å². The fraction of sp³-hybridized carbons (Fsp3) is 0.130. The van der Waals surface area contributed by atoms with E-state index in [-0.39, 0.29) is 11.7 Å². The predicted octanol–water partition coefficient (Wildman–Crippen LogP) is 4.26. The normalized spacial score (nSPS) is 14.1. The summed E-state index contributed by atoms with van der Waals surface area (Å²) in [6.07, 6.45) is 8.00. The van der Waals surface area contributed by atoms with Crippen LogP contribution >= 0.6 is 0 Å². The van der Waals surface area contributed by atoms with Gasteiger partial charge in [-0.2, -0.15) is 0 Å². The molecule has 5 rings (SSSR count). The van der Waals surface area contributed by atoms with Crippen LogP contribution in [-0.4, -0.2) is 25.4 Å². The second-order valence-corrected chi connectivity index (χ2v) is 7.35. The van der Waals surface area contributed by atoms with E-state index >= 15 is 0 Å². The molecule has 1 amide bonds. The number of halogens is 1. The molecule has 0 aliphatic heterocycles. The van der Waals surface area contributed by atoms with Gasteiger partial charge in [0.15, 0.2) is 0 Å². The Morgan fingerprint density at radius 2 is 1.84 bits per heavy atom. The molecule has 0 unspecified atom stereocenters. The highest BCUT2D eigenvalue weighted by molar-refractivity contribution is 6.01.